The van der Waals surface area contributed by atoms with Crippen LogP contribution in [0.2, 0.25) is 0 Å². The van der Waals surface area contributed by atoms with Crippen molar-refractivity contribution >= 4 is 27.5 Å². The van der Waals surface area contributed by atoms with Gasteiger partial charge in [0.1, 0.15) is 11.5 Å². The van der Waals surface area contributed by atoms with E-state index in [2.05, 4.69) is 4.74 Å². The molecule has 8 nitrogen and oxygen atoms in total. The number of carbonyl (C=O) groups is 2. The summed E-state index contributed by atoms with van der Waals surface area (Å²) in [7, 11) is -1.14. The fourth-order valence-corrected chi connectivity index (χ4v) is 4.27. The van der Waals surface area contributed by atoms with Gasteiger partial charge < -0.3 is 14.2 Å². The first kappa shape index (κ1) is 25.6. The molecule has 0 radical (unpaired) electrons. The number of methoxy groups -OCH3 is 1. The number of sulfonamides is 1. The summed E-state index contributed by atoms with van der Waals surface area (Å²) < 4.78 is 65.9. The number of benzene rings is 3. The number of ether oxygens (including phenoxy) is 3. The number of anilines is 1. The Morgan fingerprint density at radius 2 is 1.51 bits per heavy atom. The van der Waals surface area contributed by atoms with Crippen molar-refractivity contribution in [2.75, 3.05) is 25.1 Å². The highest BCUT2D eigenvalue weighted by Crippen LogP contribution is 2.30. The van der Waals surface area contributed by atoms with E-state index in [1.54, 1.807) is 24.3 Å². The van der Waals surface area contributed by atoms with Gasteiger partial charge in [-0.25, -0.2) is 13.2 Å². The Balaban J connectivity index is 1.65. The standard InChI is InChI=1S/C24H21F2NO7S/c1-27(20-5-3-4-6-22(20)32-2)35(30,31)19-13-9-17(10-14-19)23(29)33-15-21(28)16-7-11-18(12-8-16)34-24(25)26/h3-14,24H,15H2,1-2H3. The number of nitrogens with zero attached hydrogens (tertiary/aromatic N) is 1. The van der Waals surface area contributed by atoms with E-state index in [1.807, 2.05) is 0 Å². The number of carbonyl (C=O) groups excluding carboxylic acids is 2. The second-order valence-corrected chi connectivity index (χ2v) is 9.04. The quantitative estimate of drug-likeness (QED) is 0.301. The number of esters is 1. The number of rotatable bonds is 10. The lowest BCUT2D eigenvalue weighted by molar-refractivity contribution is -0.0498. The molecule has 3 rings (SSSR count). The molecule has 0 unspecified atom stereocenters. The van der Waals surface area contributed by atoms with Crippen LogP contribution in [0.5, 0.6) is 11.5 Å². The Hall–Kier alpha value is -3.99. The average Bonchev–Trinajstić information content (AvgIpc) is 2.86. The fourth-order valence-electron chi connectivity index (χ4n) is 3.06. The predicted octanol–water partition coefficient (Wildman–Crippen LogP) is 4.16. The average molecular weight is 505 g/mol. The Morgan fingerprint density at radius 3 is 2.11 bits per heavy atom. The molecule has 0 fully saturated rings. The first-order valence-corrected chi connectivity index (χ1v) is 11.5. The molecular formula is C24H21F2NO7S. The summed E-state index contributed by atoms with van der Waals surface area (Å²) in [6.45, 7) is -3.58. The lowest BCUT2D eigenvalue weighted by atomic mass is 10.1. The van der Waals surface area contributed by atoms with E-state index in [1.165, 1.54) is 62.7 Å². The smallest absolute Gasteiger partial charge is 0.387 e. The Bertz CT molecular complexity index is 1290. The van der Waals surface area contributed by atoms with E-state index in [-0.39, 0.29) is 21.8 Å². The molecule has 35 heavy (non-hydrogen) atoms. The lowest BCUT2D eigenvalue weighted by Gasteiger charge is -2.21. The summed E-state index contributed by atoms with van der Waals surface area (Å²) in [5.41, 5.74) is 0.517. The van der Waals surface area contributed by atoms with Crippen LogP contribution >= 0.6 is 0 Å². The van der Waals surface area contributed by atoms with Crippen molar-refractivity contribution in [3.63, 3.8) is 0 Å². The SMILES string of the molecule is COc1ccccc1N(C)S(=O)(=O)c1ccc(C(=O)OCC(=O)c2ccc(OC(F)F)cc2)cc1. The highest BCUT2D eigenvalue weighted by atomic mass is 32.2. The van der Waals surface area contributed by atoms with E-state index < -0.39 is 35.0 Å². The normalized spacial score (nSPS) is 11.1. The van der Waals surface area contributed by atoms with Crippen molar-refractivity contribution in [1.29, 1.82) is 0 Å². The largest absolute Gasteiger partial charge is 0.495 e. The minimum Gasteiger partial charge on any atom is -0.495 e. The topological polar surface area (TPSA) is 99.2 Å². The zero-order chi connectivity index (χ0) is 25.6. The van der Waals surface area contributed by atoms with E-state index in [0.29, 0.717) is 11.4 Å². The van der Waals surface area contributed by atoms with Gasteiger partial charge in [-0.3, -0.25) is 9.10 Å². The number of alkyl halides is 2. The van der Waals surface area contributed by atoms with Crippen LogP contribution < -0.4 is 13.8 Å². The summed E-state index contributed by atoms with van der Waals surface area (Å²) in [5, 5.41) is 0. The number of hydrogen-bond donors (Lipinski definition) is 0. The van der Waals surface area contributed by atoms with Crippen LogP contribution in [-0.2, 0) is 14.8 Å². The van der Waals surface area contributed by atoms with Crippen LogP contribution in [0.25, 0.3) is 0 Å². The maximum Gasteiger partial charge on any atom is 0.387 e. The van der Waals surface area contributed by atoms with Crippen LogP contribution in [0.3, 0.4) is 0 Å². The molecule has 0 aliphatic heterocycles. The maximum atomic E-state index is 13.0. The first-order chi connectivity index (χ1) is 16.6. The molecular weight excluding hydrogens is 484 g/mol. The summed E-state index contributed by atoms with van der Waals surface area (Å²) in [4.78, 5) is 24.4. The van der Waals surface area contributed by atoms with Gasteiger partial charge in [0.2, 0.25) is 0 Å². The fraction of sp³-hybridized carbons (Fsp3) is 0.167. The van der Waals surface area contributed by atoms with E-state index in [0.717, 1.165) is 4.31 Å². The number of hydrogen-bond acceptors (Lipinski definition) is 7. The van der Waals surface area contributed by atoms with Crippen molar-refractivity contribution < 1.29 is 41.0 Å². The van der Waals surface area contributed by atoms with Gasteiger partial charge in [0.25, 0.3) is 10.0 Å². The number of halogens is 2. The van der Waals surface area contributed by atoms with Crippen molar-refractivity contribution in [2.45, 2.75) is 11.5 Å². The minimum absolute atomic E-state index is 0.0392. The zero-order valence-electron chi connectivity index (χ0n) is 18.7. The van der Waals surface area contributed by atoms with Crippen LogP contribution in [0.4, 0.5) is 14.5 Å². The minimum atomic E-state index is -3.95. The molecule has 0 spiro atoms. The first-order valence-electron chi connectivity index (χ1n) is 10.1. The monoisotopic (exact) mass is 505 g/mol. The van der Waals surface area contributed by atoms with E-state index in [9.17, 15) is 26.8 Å². The maximum absolute atomic E-state index is 13.0. The van der Waals surface area contributed by atoms with Crippen LogP contribution in [0.1, 0.15) is 20.7 Å². The van der Waals surface area contributed by atoms with Crippen LogP contribution in [-0.4, -0.2) is 47.5 Å². The Morgan fingerprint density at radius 1 is 0.914 bits per heavy atom. The molecule has 3 aromatic rings. The zero-order valence-corrected chi connectivity index (χ0v) is 19.5. The van der Waals surface area contributed by atoms with Crippen molar-refractivity contribution in [3.05, 3.63) is 83.9 Å². The van der Waals surface area contributed by atoms with E-state index >= 15 is 0 Å². The van der Waals surface area contributed by atoms with Crippen molar-refractivity contribution in [3.8, 4) is 11.5 Å². The van der Waals surface area contributed by atoms with Crippen LogP contribution in [0, 0.1) is 0 Å². The second-order valence-electron chi connectivity index (χ2n) is 7.07. The van der Waals surface area contributed by atoms with Gasteiger partial charge in [-0.2, -0.15) is 8.78 Å². The molecule has 0 heterocycles. The summed E-state index contributed by atoms with van der Waals surface area (Å²) in [6.07, 6.45) is 0. The highest BCUT2D eigenvalue weighted by molar-refractivity contribution is 7.92. The number of ketones is 1. The van der Waals surface area contributed by atoms with Gasteiger partial charge in [0.05, 0.1) is 23.3 Å². The lowest BCUT2D eigenvalue weighted by Crippen LogP contribution is -2.27. The highest BCUT2D eigenvalue weighted by Gasteiger charge is 2.24. The molecule has 0 aliphatic rings. The van der Waals surface area contributed by atoms with Gasteiger partial charge in [0.15, 0.2) is 12.4 Å². The van der Waals surface area contributed by atoms with Crippen LogP contribution in [0.15, 0.2) is 77.7 Å². The van der Waals surface area contributed by atoms with Gasteiger partial charge in [-0.05, 0) is 60.7 Å². The molecule has 0 aliphatic carbocycles. The molecule has 0 amide bonds. The van der Waals surface area contributed by atoms with Gasteiger partial charge >= 0.3 is 12.6 Å². The summed E-state index contributed by atoms with van der Waals surface area (Å²) in [6, 6.07) is 16.6. The molecule has 184 valence electrons. The molecule has 11 heteroatoms. The molecule has 0 saturated carbocycles. The molecule has 0 bridgehead atoms. The molecule has 0 aromatic heterocycles. The Labute approximate surface area is 200 Å². The second kappa shape index (κ2) is 11.0. The number of Topliss-reactive ketones (excluding diaryl/α,β-unsaturated/α-hetero) is 1. The number of para-hydroxylation sites is 2. The third-order valence-corrected chi connectivity index (χ3v) is 6.69. The van der Waals surface area contributed by atoms with Gasteiger partial charge in [-0.1, -0.05) is 12.1 Å². The van der Waals surface area contributed by atoms with Crippen molar-refractivity contribution in [2.24, 2.45) is 0 Å². The van der Waals surface area contributed by atoms with Gasteiger partial charge in [-0.15, -0.1) is 0 Å². The van der Waals surface area contributed by atoms with Crippen molar-refractivity contribution in [1.82, 2.24) is 0 Å². The predicted molar refractivity (Wildman–Crippen MR) is 123 cm³/mol. The third-order valence-electron chi connectivity index (χ3n) is 4.91. The molecule has 3 aromatic carbocycles. The molecule has 0 atom stereocenters. The van der Waals surface area contributed by atoms with E-state index in [4.69, 9.17) is 9.47 Å². The molecule has 0 N–H and O–H groups in total. The summed E-state index contributed by atoms with van der Waals surface area (Å²) >= 11 is 0. The third kappa shape index (κ3) is 6.12. The Kier molecular flexibility index (Phi) is 8.02. The molecule has 0 saturated heterocycles. The van der Waals surface area contributed by atoms with Gasteiger partial charge in [0, 0.05) is 12.6 Å². The summed E-state index contributed by atoms with van der Waals surface area (Å²) in [5.74, 6) is -1.13.